The molecule has 0 aromatic heterocycles. The summed E-state index contributed by atoms with van der Waals surface area (Å²) >= 11 is -2.53. The number of aryl methyl sites for hydroxylation is 1. The summed E-state index contributed by atoms with van der Waals surface area (Å²) in [6, 6.07) is 13.1. The van der Waals surface area contributed by atoms with E-state index in [1.54, 1.807) is 11.9 Å². The topological polar surface area (TPSA) is 104 Å². The average Bonchev–Trinajstić information content (AvgIpc) is 2.83. The molecule has 0 amide bonds. The average molecular weight is 495 g/mol. The summed E-state index contributed by atoms with van der Waals surface area (Å²) in [7, 11) is 0. The number of nitrogens with zero attached hydrogens (tertiary/aromatic N) is 3. The Morgan fingerprint density at radius 1 is 1.09 bits per heavy atom. The van der Waals surface area contributed by atoms with Crippen LogP contribution in [0.1, 0.15) is 53.2 Å². The van der Waals surface area contributed by atoms with Gasteiger partial charge in [0.25, 0.3) is 0 Å². The Morgan fingerprint density at radius 2 is 1.74 bits per heavy atom. The summed E-state index contributed by atoms with van der Waals surface area (Å²) in [5, 5.41) is 10.7. The third-order valence-corrected chi connectivity index (χ3v) is 7.27. The van der Waals surface area contributed by atoms with E-state index in [9.17, 15) is 18.4 Å². The second-order valence-corrected chi connectivity index (χ2v) is 9.66. The number of hydrogen-bond acceptors (Lipinski definition) is 6. The van der Waals surface area contributed by atoms with E-state index in [4.69, 9.17) is 5.11 Å². The van der Waals surface area contributed by atoms with E-state index in [1.165, 1.54) is 0 Å². The molecule has 2 aliphatic rings. The standard InChI is InChI=1S/C26H29N3O5S/c1-19(17-26(31)32)29(35(33)34)28-15-13-27(14-16-28)23-11-8-20(9-12-23)5-6-21-7-10-22-3-2-4-25(30)24(22)18-21/h7-12,18-19H,2-4,13-17H2,1H3,(H,31,32)(H,33,34)/p-1. The lowest BCUT2D eigenvalue weighted by molar-refractivity contribution is -0.139. The number of hydrazine groups is 1. The van der Waals surface area contributed by atoms with E-state index in [2.05, 4.69) is 16.7 Å². The van der Waals surface area contributed by atoms with Crippen LogP contribution < -0.4 is 4.90 Å². The number of rotatable bonds is 6. The number of piperazine rings is 1. The van der Waals surface area contributed by atoms with Gasteiger partial charge in [0.15, 0.2) is 5.78 Å². The van der Waals surface area contributed by atoms with Crippen molar-refractivity contribution in [1.82, 2.24) is 9.42 Å². The molecule has 2 aromatic rings. The molecule has 1 heterocycles. The minimum atomic E-state index is -2.53. The normalized spacial score (nSPS) is 17.9. The van der Waals surface area contributed by atoms with Crippen LogP contribution in [-0.4, -0.2) is 67.3 Å². The summed E-state index contributed by atoms with van der Waals surface area (Å²) in [6.07, 6.45) is 2.21. The Hall–Kier alpha value is -3.03. The number of carbonyl (C=O) groups is 2. The number of Topliss-reactive ketones (excluding diaryl/α,β-unsaturated/α-hetero) is 1. The molecule has 35 heavy (non-hydrogen) atoms. The van der Waals surface area contributed by atoms with Crippen LogP contribution in [0.4, 0.5) is 5.69 Å². The number of hydrogen-bond donors (Lipinski definition) is 1. The van der Waals surface area contributed by atoms with Gasteiger partial charge in [-0.2, -0.15) is 4.41 Å². The molecule has 0 spiro atoms. The van der Waals surface area contributed by atoms with Crippen molar-refractivity contribution in [2.24, 2.45) is 0 Å². The summed E-state index contributed by atoms with van der Waals surface area (Å²) in [5.74, 6) is 5.48. The molecule has 1 aliphatic heterocycles. The van der Waals surface area contributed by atoms with Gasteiger partial charge < -0.3 is 14.6 Å². The van der Waals surface area contributed by atoms with Crippen LogP contribution in [0.15, 0.2) is 42.5 Å². The van der Waals surface area contributed by atoms with E-state index in [1.807, 2.05) is 42.5 Å². The summed E-state index contributed by atoms with van der Waals surface area (Å²) in [5.41, 5.74) is 4.62. The lowest BCUT2D eigenvalue weighted by Crippen LogP contribution is -2.57. The Kier molecular flexibility index (Phi) is 7.98. The number of ketones is 1. The Balaban J connectivity index is 1.37. The first-order valence-corrected chi connectivity index (χ1v) is 12.7. The molecule has 4 rings (SSSR count). The van der Waals surface area contributed by atoms with Gasteiger partial charge in [-0.1, -0.05) is 17.9 Å². The predicted octanol–water partition coefficient (Wildman–Crippen LogP) is 2.60. The van der Waals surface area contributed by atoms with E-state index in [0.717, 1.165) is 45.2 Å². The molecule has 1 fully saturated rings. The quantitative estimate of drug-likeness (QED) is 0.486. The van der Waals surface area contributed by atoms with Crippen molar-refractivity contribution in [3.63, 3.8) is 0 Å². The first-order valence-electron chi connectivity index (χ1n) is 11.7. The van der Waals surface area contributed by atoms with Crippen molar-refractivity contribution in [3.8, 4) is 11.8 Å². The number of anilines is 1. The van der Waals surface area contributed by atoms with Gasteiger partial charge in [0.1, 0.15) is 0 Å². The lowest BCUT2D eigenvalue weighted by atomic mass is 9.89. The van der Waals surface area contributed by atoms with Crippen LogP contribution in [0.25, 0.3) is 0 Å². The van der Waals surface area contributed by atoms with Gasteiger partial charge in [-0.15, -0.1) is 0 Å². The van der Waals surface area contributed by atoms with Crippen molar-refractivity contribution in [2.45, 2.75) is 38.6 Å². The SMILES string of the molecule is CC(CC(=O)O)N(N1CCN(c2ccc(C#Cc3ccc4c(c3)C(=O)CCC4)cc2)CC1)S(=O)[O-]. The highest BCUT2D eigenvalue weighted by Crippen LogP contribution is 2.23. The lowest BCUT2D eigenvalue weighted by Gasteiger charge is -2.44. The first-order chi connectivity index (χ1) is 16.8. The Labute approximate surface area is 207 Å². The number of benzene rings is 2. The predicted molar refractivity (Wildman–Crippen MR) is 132 cm³/mol. The zero-order valence-corrected chi connectivity index (χ0v) is 20.4. The van der Waals surface area contributed by atoms with Crippen molar-refractivity contribution >= 4 is 28.7 Å². The zero-order valence-electron chi connectivity index (χ0n) is 19.6. The van der Waals surface area contributed by atoms with Gasteiger partial charge in [-0.25, -0.2) is 5.01 Å². The molecule has 2 atom stereocenters. The summed E-state index contributed by atoms with van der Waals surface area (Å²) in [6.45, 7) is 3.76. The van der Waals surface area contributed by atoms with Crippen molar-refractivity contribution in [1.29, 1.82) is 0 Å². The van der Waals surface area contributed by atoms with E-state index < -0.39 is 23.3 Å². The van der Waals surface area contributed by atoms with Gasteiger partial charge in [0.2, 0.25) is 0 Å². The smallest absolute Gasteiger partial charge is 0.305 e. The van der Waals surface area contributed by atoms with Crippen molar-refractivity contribution in [2.75, 3.05) is 31.1 Å². The Bertz CT molecular complexity index is 1180. The first kappa shape index (κ1) is 25.1. The molecule has 9 heteroatoms. The summed E-state index contributed by atoms with van der Waals surface area (Å²) in [4.78, 5) is 25.3. The molecule has 0 bridgehead atoms. The number of fused-ring (bicyclic) bond motifs is 1. The third kappa shape index (κ3) is 6.16. The van der Waals surface area contributed by atoms with Crippen LogP contribution in [0, 0.1) is 11.8 Å². The second-order valence-electron chi connectivity index (χ2n) is 8.85. The molecule has 0 saturated carbocycles. The van der Waals surface area contributed by atoms with Crippen LogP contribution in [0.2, 0.25) is 0 Å². The minimum Gasteiger partial charge on any atom is -0.759 e. The van der Waals surface area contributed by atoms with Crippen molar-refractivity contribution in [3.05, 3.63) is 64.7 Å². The fraction of sp³-hybridized carbons (Fsp3) is 0.385. The van der Waals surface area contributed by atoms with E-state index >= 15 is 0 Å². The molecular weight excluding hydrogens is 466 g/mol. The highest BCUT2D eigenvalue weighted by Gasteiger charge is 2.28. The molecule has 0 radical (unpaired) electrons. The maximum atomic E-state index is 12.2. The van der Waals surface area contributed by atoms with Gasteiger partial charge in [0, 0.05) is 72.3 Å². The molecule has 184 valence electrons. The van der Waals surface area contributed by atoms with Crippen LogP contribution in [0.5, 0.6) is 0 Å². The summed E-state index contributed by atoms with van der Waals surface area (Å²) < 4.78 is 24.6. The minimum absolute atomic E-state index is 0.195. The number of aliphatic carboxylic acids is 1. The number of carbonyl (C=O) groups excluding carboxylic acids is 1. The van der Waals surface area contributed by atoms with Gasteiger partial charge in [-0.05, 0) is 61.7 Å². The van der Waals surface area contributed by atoms with Gasteiger partial charge in [-0.3, -0.25) is 13.8 Å². The van der Waals surface area contributed by atoms with Crippen LogP contribution in [-0.2, 0) is 22.5 Å². The molecule has 1 saturated heterocycles. The molecule has 2 aromatic carbocycles. The molecule has 1 aliphatic carbocycles. The monoisotopic (exact) mass is 494 g/mol. The van der Waals surface area contributed by atoms with Gasteiger partial charge in [0.05, 0.1) is 6.42 Å². The fourth-order valence-corrected chi connectivity index (χ4v) is 5.33. The maximum absolute atomic E-state index is 12.2. The number of carboxylic acid groups (broad SMARTS) is 1. The Morgan fingerprint density at radius 3 is 2.40 bits per heavy atom. The van der Waals surface area contributed by atoms with Crippen LogP contribution >= 0.6 is 0 Å². The largest absolute Gasteiger partial charge is 0.759 e. The van der Waals surface area contributed by atoms with Gasteiger partial charge >= 0.3 is 5.97 Å². The zero-order chi connectivity index (χ0) is 24.9. The third-order valence-electron chi connectivity index (χ3n) is 6.38. The highest BCUT2D eigenvalue weighted by atomic mass is 32.2. The van der Waals surface area contributed by atoms with E-state index in [0.29, 0.717) is 32.6 Å². The molecule has 1 N–H and O–H groups in total. The molecule has 2 unspecified atom stereocenters. The van der Waals surface area contributed by atoms with E-state index in [-0.39, 0.29) is 12.2 Å². The fourth-order valence-electron chi connectivity index (χ4n) is 4.61. The highest BCUT2D eigenvalue weighted by molar-refractivity contribution is 7.76. The van der Waals surface area contributed by atoms with Crippen molar-refractivity contribution < 1.29 is 23.5 Å². The molecular formula is C26H28N3O5S-. The maximum Gasteiger partial charge on any atom is 0.305 e. The van der Waals surface area contributed by atoms with Crippen LogP contribution in [0.3, 0.4) is 0 Å². The molecule has 8 nitrogen and oxygen atoms in total. The second kappa shape index (κ2) is 11.1. The number of carboxylic acids is 1.